The second-order valence-electron chi connectivity index (χ2n) is 5.09. The van der Waals surface area contributed by atoms with Gasteiger partial charge in [-0.15, -0.1) is 0 Å². The van der Waals surface area contributed by atoms with Crippen LogP contribution in [0.1, 0.15) is 16.8 Å². The Morgan fingerprint density at radius 3 is 3.00 bits per heavy atom. The number of nitrogens with zero attached hydrogens (tertiary/aromatic N) is 3. The number of nitrogens with one attached hydrogen (secondary N) is 2. The number of hydrogen-bond acceptors (Lipinski definition) is 5. The molecule has 2 N–H and O–H groups in total. The minimum atomic E-state index is -0.497. The average Bonchev–Trinajstić information content (AvgIpc) is 3.19. The van der Waals surface area contributed by atoms with Crippen LogP contribution in [-0.2, 0) is 0 Å². The average molecular weight is 301 g/mol. The SMILES string of the molecule is O=C(NC1CCNC1)c1ccc(-n2ccnc2)c([N+](=O)[O-])c1. The van der Waals surface area contributed by atoms with Crippen LogP contribution in [0.2, 0.25) is 0 Å². The molecule has 0 spiro atoms. The van der Waals surface area contributed by atoms with E-state index in [4.69, 9.17) is 0 Å². The monoisotopic (exact) mass is 301 g/mol. The number of carbonyl (C=O) groups excluding carboxylic acids is 1. The number of carbonyl (C=O) groups is 1. The van der Waals surface area contributed by atoms with E-state index in [-0.39, 0.29) is 23.2 Å². The van der Waals surface area contributed by atoms with Crippen LogP contribution < -0.4 is 10.6 Å². The van der Waals surface area contributed by atoms with Crippen molar-refractivity contribution in [3.63, 3.8) is 0 Å². The Bertz CT molecular complexity index is 693. The summed E-state index contributed by atoms with van der Waals surface area (Å²) < 4.78 is 1.54. The first-order valence-electron chi connectivity index (χ1n) is 6.93. The van der Waals surface area contributed by atoms with Crippen molar-refractivity contribution >= 4 is 11.6 Å². The van der Waals surface area contributed by atoms with Gasteiger partial charge in [0.05, 0.1) is 11.3 Å². The lowest BCUT2D eigenvalue weighted by Crippen LogP contribution is -2.36. The zero-order valence-corrected chi connectivity index (χ0v) is 11.7. The molecule has 1 aromatic heterocycles. The Morgan fingerprint density at radius 2 is 2.36 bits per heavy atom. The summed E-state index contributed by atoms with van der Waals surface area (Å²) in [6, 6.07) is 4.51. The summed E-state index contributed by atoms with van der Waals surface area (Å²) in [4.78, 5) is 26.8. The Balaban J connectivity index is 1.88. The summed E-state index contributed by atoms with van der Waals surface area (Å²) >= 11 is 0. The minimum absolute atomic E-state index is 0.0693. The molecule has 0 radical (unpaired) electrons. The fourth-order valence-electron chi connectivity index (χ4n) is 2.48. The lowest BCUT2D eigenvalue weighted by Gasteiger charge is -2.12. The third kappa shape index (κ3) is 2.82. The van der Waals surface area contributed by atoms with E-state index >= 15 is 0 Å². The third-order valence-electron chi connectivity index (χ3n) is 3.61. The molecule has 8 heteroatoms. The van der Waals surface area contributed by atoms with Crippen LogP contribution in [0, 0.1) is 10.1 Å². The van der Waals surface area contributed by atoms with Crippen molar-refractivity contribution in [1.82, 2.24) is 20.2 Å². The van der Waals surface area contributed by atoms with E-state index in [0.717, 1.165) is 19.5 Å². The second-order valence-corrected chi connectivity index (χ2v) is 5.09. The zero-order valence-electron chi connectivity index (χ0n) is 11.7. The summed E-state index contributed by atoms with van der Waals surface area (Å²) in [6.07, 6.45) is 5.50. The standard InChI is InChI=1S/C14H15N5O3/c20-14(17-11-3-4-15-8-11)10-1-2-12(13(7-10)19(21)22)18-6-5-16-9-18/h1-2,5-7,9,11,15H,3-4,8H2,(H,17,20). The van der Waals surface area contributed by atoms with E-state index in [0.29, 0.717) is 5.69 Å². The maximum Gasteiger partial charge on any atom is 0.294 e. The van der Waals surface area contributed by atoms with Crippen molar-refractivity contribution in [3.05, 3.63) is 52.6 Å². The third-order valence-corrected chi connectivity index (χ3v) is 3.61. The highest BCUT2D eigenvalue weighted by Crippen LogP contribution is 2.24. The molecule has 2 heterocycles. The maximum absolute atomic E-state index is 12.2. The van der Waals surface area contributed by atoms with Crippen molar-refractivity contribution < 1.29 is 9.72 Å². The first-order valence-corrected chi connectivity index (χ1v) is 6.93. The van der Waals surface area contributed by atoms with Gasteiger partial charge in [-0.1, -0.05) is 0 Å². The van der Waals surface area contributed by atoms with E-state index < -0.39 is 4.92 Å². The molecule has 0 aliphatic carbocycles. The number of benzene rings is 1. The number of nitro groups is 1. The van der Waals surface area contributed by atoms with Gasteiger partial charge in [0.2, 0.25) is 0 Å². The van der Waals surface area contributed by atoms with E-state index in [9.17, 15) is 14.9 Å². The van der Waals surface area contributed by atoms with Gasteiger partial charge in [0.1, 0.15) is 5.69 Å². The van der Waals surface area contributed by atoms with Crippen LogP contribution in [0.15, 0.2) is 36.9 Å². The summed E-state index contributed by atoms with van der Waals surface area (Å²) in [5, 5.41) is 17.3. The Labute approximate surface area is 126 Å². The highest BCUT2D eigenvalue weighted by Gasteiger charge is 2.21. The first kappa shape index (κ1) is 14.2. The molecule has 1 aromatic carbocycles. The van der Waals surface area contributed by atoms with E-state index in [2.05, 4.69) is 15.6 Å². The van der Waals surface area contributed by atoms with Crippen molar-refractivity contribution in [1.29, 1.82) is 0 Å². The number of rotatable bonds is 4. The summed E-state index contributed by atoms with van der Waals surface area (Å²) in [5.74, 6) is -0.297. The van der Waals surface area contributed by atoms with E-state index in [1.54, 1.807) is 22.9 Å². The predicted molar refractivity (Wildman–Crippen MR) is 79.0 cm³/mol. The maximum atomic E-state index is 12.2. The fourth-order valence-corrected chi connectivity index (χ4v) is 2.48. The van der Waals surface area contributed by atoms with Crippen molar-refractivity contribution in [2.75, 3.05) is 13.1 Å². The number of imidazole rings is 1. The summed E-state index contributed by atoms with van der Waals surface area (Å²) in [5.41, 5.74) is 0.527. The van der Waals surface area contributed by atoms with E-state index in [1.165, 1.54) is 18.6 Å². The van der Waals surface area contributed by atoms with E-state index in [1.807, 2.05) is 0 Å². The van der Waals surface area contributed by atoms with Crippen LogP contribution in [0.3, 0.4) is 0 Å². The molecule has 1 amide bonds. The summed E-state index contributed by atoms with van der Waals surface area (Å²) in [6.45, 7) is 1.59. The number of aromatic nitrogens is 2. The topological polar surface area (TPSA) is 102 Å². The Kier molecular flexibility index (Phi) is 3.84. The second kappa shape index (κ2) is 5.94. The molecule has 1 aliphatic heterocycles. The zero-order chi connectivity index (χ0) is 15.5. The molecule has 3 rings (SSSR count). The molecular weight excluding hydrogens is 286 g/mol. The summed E-state index contributed by atoms with van der Waals surface area (Å²) in [7, 11) is 0. The van der Waals surface area contributed by atoms with Gasteiger partial charge in [-0.2, -0.15) is 0 Å². The van der Waals surface area contributed by atoms with Gasteiger partial charge in [-0.3, -0.25) is 14.9 Å². The molecule has 1 fully saturated rings. The van der Waals surface area contributed by atoms with Crippen LogP contribution >= 0.6 is 0 Å². The molecule has 0 bridgehead atoms. The lowest BCUT2D eigenvalue weighted by molar-refractivity contribution is -0.384. The van der Waals surface area contributed by atoms with Crippen LogP contribution in [0.5, 0.6) is 0 Å². The van der Waals surface area contributed by atoms with Gasteiger partial charge >= 0.3 is 0 Å². The van der Waals surface area contributed by atoms with Gasteiger partial charge < -0.3 is 15.2 Å². The molecule has 8 nitrogen and oxygen atoms in total. The molecular formula is C14H15N5O3. The highest BCUT2D eigenvalue weighted by atomic mass is 16.6. The Morgan fingerprint density at radius 1 is 1.50 bits per heavy atom. The predicted octanol–water partition coefficient (Wildman–Crippen LogP) is 0.872. The molecule has 1 atom stereocenters. The minimum Gasteiger partial charge on any atom is -0.348 e. The fraction of sp³-hybridized carbons (Fsp3) is 0.286. The van der Waals surface area contributed by atoms with Gasteiger partial charge in [-0.25, -0.2) is 4.98 Å². The number of amides is 1. The molecule has 114 valence electrons. The van der Waals surface area contributed by atoms with Gasteiger partial charge in [0.15, 0.2) is 0 Å². The Hall–Kier alpha value is -2.74. The normalized spacial score (nSPS) is 17.4. The van der Waals surface area contributed by atoms with Gasteiger partial charge in [0.25, 0.3) is 11.6 Å². The molecule has 22 heavy (non-hydrogen) atoms. The van der Waals surface area contributed by atoms with Crippen molar-refractivity contribution in [3.8, 4) is 5.69 Å². The first-order chi connectivity index (χ1) is 10.6. The molecule has 2 aromatic rings. The molecule has 1 unspecified atom stereocenters. The van der Waals surface area contributed by atoms with Crippen LogP contribution in [0.4, 0.5) is 5.69 Å². The van der Waals surface area contributed by atoms with Gasteiger partial charge in [0, 0.05) is 36.6 Å². The number of hydrogen-bond donors (Lipinski definition) is 2. The number of nitro benzene ring substituents is 1. The van der Waals surface area contributed by atoms with Crippen LogP contribution in [-0.4, -0.2) is 39.5 Å². The van der Waals surface area contributed by atoms with Gasteiger partial charge in [-0.05, 0) is 25.1 Å². The molecule has 0 saturated carbocycles. The molecule has 1 saturated heterocycles. The molecule has 1 aliphatic rings. The highest BCUT2D eigenvalue weighted by molar-refractivity contribution is 5.95. The smallest absolute Gasteiger partial charge is 0.294 e. The lowest BCUT2D eigenvalue weighted by atomic mass is 10.1. The van der Waals surface area contributed by atoms with Crippen LogP contribution in [0.25, 0.3) is 5.69 Å². The van der Waals surface area contributed by atoms with Crippen molar-refractivity contribution in [2.45, 2.75) is 12.5 Å². The quantitative estimate of drug-likeness (QED) is 0.644. The largest absolute Gasteiger partial charge is 0.348 e. The van der Waals surface area contributed by atoms with Crippen molar-refractivity contribution in [2.24, 2.45) is 0 Å².